The number of carbonyl (C=O) groups is 1. The molecule has 10 nitrogen and oxygen atoms in total. The summed E-state index contributed by atoms with van der Waals surface area (Å²) in [5, 5.41) is 17.0. The quantitative estimate of drug-likeness (QED) is 0.398. The van der Waals surface area contributed by atoms with Crippen LogP contribution < -0.4 is 10.9 Å². The first-order valence-electron chi connectivity index (χ1n) is 11.4. The van der Waals surface area contributed by atoms with Crippen molar-refractivity contribution in [1.29, 1.82) is 0 Å². The molecule has 0 spiro atoms. The SMILES string of the molecule is O=C(Cn1ncc2cc(-n3cc(-c4cc5cc(F)c(F)cc5[nH]c4=O)nn3)ccc21)N1CCNCC1. The number of hydrogen-bond acceptors (Lipinski definition) is 6. The van der Waals surface area contributed by atoms with Crippen LogP contribution in [0.5, 0.6) is 0 Å². The zero-order valence-corrected chi connectivity index (χ0v) is 18.9. The number of pyridine rings is 1. The molecule has 0 radical (unpaired) electrons. The van der Waals surface area contributed by atoms with Crippen molar-refractivity contribution < 1.29 is 13.6 Å². The van der Waals surface area contributed by atoms with Crippen molar-refractivity contribution in [3.63, 3.8) is 0 Å². The number of amides is 1. The van der Waals surface area contributed by atoms with Crippen molar-refractivity contribution in [1.82, 2.24) is 40.0 Å². The van der Waals surface area contributed by atoms with Crippen LogP contribution in [-0.4, -0.2) is 66.7 Å². The van der Waals surface area contributed by atoms with Gasteiger partial charge in [-0.3, -0.25) is 14.3 Å². The lowest BCUT2D eigenvalue weighted by molar-refractivity contribution is -0.132. The number of aromatic amines is 1. The first-order chi connectivity index (χ1) is 17.5. The Morgan fingerprint density at radius 1 is 1.03 bits per heavy atom. The van der Waals surface area contributed by atoms with Gasteiger partial charge in [-0.25, -0.2) is 13.5 Å². The normalized spacial score (nSPS) is 14.1. The van der Waals surface area contributed by atoms with E-state index in [0.29, 0.717) is 24.2 Å². The number of aromatic nitrogens is 6. The Bertz CT molecular complexity index is 1680. The molecule has 5 aromatic rings. The molecule has 36 heavy (non-hydrogen) atoms. The largest absolute Gasteiger partial charge is 0.339 e. The first kappa shape index (κ1) is 22.0. The van der Waals surface area contributed by atoms with Gasteiger partial charge in [-0.15, -0.1) is 5.10 Å². The molecule has 1 aliphatic heterocycles. The molecule has 2 aromatic carbocycles. The monoisotopic (exact) mass is 490 g/mol. The van der Waals surface area contributed by atoms with Gasteiger partial charge >= 0.3 is 0 Å². The number of H-pyrrole nitrogens is 1. The third-order valence-electron chi connectivity index (χ3n) is 6.30. The van der Waals surface area contributed by atoms with E-state index in [9.17, 15) is 18.4 Å². The van der Waals surface area contributed by atoms with Crippen molar-refractivity contribution in [2.45, 2.75) is 6.54 Å². The van der Waals surface area contributed by atoms with E-state index in [2.05, 4.69) is 25.7 Å². The van der Waals surface area contributed by atoms with E-state index in [-0.39, 0.29) is 29.2 Å². The van der Waals surface area contributed by atoms with Crippen LogP contribution in [0.3, 0.4) is 0 Å². The molecule has 1 aliphatic rings. The smallest absolute Gasteiger partial charge is 0.258 e. The van der Waals surface area contributed by atoms with Gasteiger partial charge in [-0.1, -0.05) is 5.21 Å². The van der Waals surface area contributed by atoms with E-state index in [1.165, 1.54) is 10.7 Å². The number of halogens is 2. The summed E-state index contributed by atoms with van der Waals surface area (Å²) in [5.74, 6) is -2.02. The highest BCUT2D eigenvalue weighted by Gasteiger charge is 2.18. The van der Waals surface area contributed by atoms with Crippen molar-refractivity contribution in [3.05, 3.63) is 70.8 Å². The van der Waals surface area contributed by atoms with Gasteiger partial charge in [0, 0.05) is 43.0 Å². The lowest BCUT2D eigenvalue weighted by atomic mass is 10.1. The summed E-state index contributed by atoms with van der Waals surface area (Å²) < 4.78 is 30.4. The summed E-state index contributed by atoms with van der Waals surface area (Å²) in [6.07, 6.45) is 3.26. The minimum absolute atomic E-state index is 0.0229. The summed E-state index contributed by atoms with van der Waals surface area (Å²) in [6, 6.07) is 8.94. The molecule has 0 saturated carbocycles. The van der Waals surface area contributed by atoms with Gasteiger partial charge < -0.3 is 15.2 Å². The molecule has 2 N–H and O–H groups in total. The highest BCUT2D eigenvalue weighted by molar-refractivity contribution is 5.84. The van der Waals surface area contributed by atoms with Gasteiger partial charge in [0.1, 0.15) is 12.2 Å². The molecule has 6 rings (SSSR count). The molecular weight excluding hydrogens is 470 g/mol. The van der Waals surface area contributed by atoms with Crippen molar-refractivity contribution in [3.8, 4) is 16.9 Å². The zero-order chi connectivity index (χ0) is 24.8. The Kier molecular flexibility index (Phi) is 5.29. The van der Waals surface area contributed by atoms with Gasteiger partial charge in [-0.2, -0.15) is 5.10 Å². The van der Waals surface area contributed by atoms with E-state index >= 15 is 0 Å². The summed E-state index contributed by atoms with van der Waals surface area (Å²) in [5.41, 5.74) is 1.64. The van der Waals surface area contributed by atoms with Crippen molar-refractivity contribution in [2.24, 2.45) is 0 Å². The number of rotatable bonds is 4. The molecular formula is C24H20F2N8O2. The van der Waals surface area contributed by atoms with Gasteiger partial charge in [-0.05, 0) is 30.3 Å². The van der Waals surface area contributed by atoms with E-state index in [4.69, 9.17) is 0 Å². The van der Waals surface area contributed by atoms with Crippen LogP contribution in [0, 0.1) is 11.6 Å². The zero-order valence-electron chi connectivity index (χ0n) is 18.9. The molecule has 1 saturated heterocycles. The number of hydrogen-bond donors (Lipinski definition) is 2. The molecule has 3 aromatic heterocycles. The maximum atomic E-state index is 13.7. The van der Waals surface area contributed by atoms with Crippen LogP contribution in [0.1, 0.15) is 0 Å². The summed E-state index contributed by atoms with van der Waals surface area (Å²) in [7, 11) is 0. The molecule has 0 aliphatic carbocycles. The average Bonchev–Trinajstić information content (AvgIpc) is 3.53. The van der Waals surface area contributed by atoms with Crippen LogP contribution in [0.25, 0.3) is 38.8 Å². The fourth-order valence-electron chi connectivity index (χ4n) is 4.39. The molecule has 1 fully saturated rings. The fraction of sp³-hybridized carbons (Fsp3) is 0.208. The Balaban J connectivity index is 1.28. The van der Waals surface area contributed by atoms with Gasteiger partial charge in [0.15, 0.2) is 11.6 Å². The van der Waals surface area contributed by atoms with Gasteiger partial charge in [0.05, 0.1) is 34.7 Å². The van der Waals surface area contributed by atoms with E-state index in [1.54, 1.807) is 17.1 Å². The third-order valence-corrected chi connectivity index (χ3v) is 6.30. The van der Waals surface area contributed by atoms with Gasteiger partial charge in [0.2, 0.25) is 5.91 Å². The Morgan fingerprint density at radius 2 is 1.83 bits per heavy atom. The van der Waals surface area contributed by atoms with E-state index < -0.39 is 17.2 Å². The molecule has 12 heteroatoms. The van der Waals surface area contributed by atoms with Crippen molar-refractivity contribution >= 4 is 27.7 Å². The third kappa shape index (κ3) is 3.90. The Hall–Kier alpha value is -4.45. The topological polar surface area (TPSA) is 114 Å². The summed E-state index contributed by atoms with van der Waals surface area (Å²) in [6.45, 7) is 3.10. The minimum Gasteiger partial charge on any atom is -0.339 e. The summed E-state index contributed by atoms with van der Waals surface area (Å²) in [4.78, 5) is 29.6. The van der Waals surface area contributed by atoms with Crippen LogP contribution in [-0.2, 0) is 11.3 Å². The molecule has 0 unspecified atom stereocenters. The average molecular weight is 490 g/mol. The van der Waals surface area contributed by atoms with Crippen LogP contribution >= 0.6 is 0 Å². The number of nitrogens with one attached hydrogen (secondary N) is 2. The van der Waals surface area contributed by atoms with Gasteiger partial charge in [0.25, 0.3) is 5.56 Å². The predicted octanol–water partition coefficient (Wildman–Crippen LogP) is 1.84. The maximum Gasteiger partial charge on any atom is 0.258 e. The van der Waals surface area contributed by atoms with E-state index in [0.717, 1.165) is 36.1 Å². The summed E-state index contributed by atoms with van der Waals surface area (Å²) >= 11 is 0. The second-order valence-corrected chi connectivity index (χ2v) is 8.59. The molecule has 0 atom stereocenters. The molecule has 0 bridgehead atoms. The maximum absolute atomic E-state index is 13.7. The highest BCUT2D eigenvalue weighted by Crippen LogP contribution is 2.23. The van der Waals surface area contributed by atoms with Crippen molar-refractivity contribution in [2.75, 3.05) is 26.2 Å². The number of fused-ring (bicyclic) bond motifs is 2. The predicted molar refractivity (Wildman–Crippen MR) is 128 cm³/mol. The van der Waals surface area contributed by atoms with Crippen LogP contribution in [0.15, 0.2) is 53.6 Å². The van der Waals surface area contributed by atoms with Crippen LogP contribution in [0.4, 0.5) is 8.78 Å². The number of nitrogens with zero attached hydrogens (tertiary/aromatic N) is 6. The first-order valence-corrected chi connectivity index (χ1v) is 11.4. The highest BCUT2D eigenvalue weighted by atomic mass is 19.2. The fourth-order valence-corrected chi connectivity index (χ4v) is 4.39. The van der Waals surface area contributed by atoms with Crippen LogP contribution in [0.2, 0.25) is 0 Å². The number of benzene rings is 2. The molecule has 1 amide bonds. The molecule has 4 heterocycles. The lowest BCUT2D eigenvalue weighted by Crippen LogP contribution is -2.47. The molecule has 182 valence electrons. The lowest BCUT2D eigenvalue weighted by Gasteiger charge is -2.27. The van der Waals surface area contributed by atoms with E-state index in [1.807, 2.05) is 23.1 Å². The standard InChI is InChI=1S/C24H20F2N8O2/c25-18-9-14-8-17(24(36)29-20(14)10-19(18)26)21-12-33(31-30-21)16-1-2-22-15(7-16)11-28-34(22)13-23(35)32-5-3-27-4-6-32/h1-2,7-12,27H,3-6,13H2,(H,29,36). The number of carbonyl (C=O) groups excluding carboxylic acids is 1. The number of piperazine rings is 1. The second-order valence-electron chi connectivity index (χ2n) is 8.59. The minimum atomic E-state index is -1.04. The Labute approximate surface area is 202 Å². The Morgan fingerprint density at radius 3 is 2.67 bits per heavy atom. The second kappa shape index (κ2) is 8.64.